The van der Waals surface area contributed by atoms with Gasteiger partial charge in [-0.1, -0.05) is 6.92 Å². The first-order valence-electron chi connectivity index (χ1n) is 5.66. The van der Waals surface area contributed by atoms with Crippen LogP contribution in [0.25, 0.3) is 0 Å². The van der Waals surface area contributed by atoms with E-state index in [9.17, 15) is 4.79 Å². The van der Waals surface area contributed by atoms with E-state index in [4.69, 9.17) is 12.2 Å². The lowest BCUT2D eigenvalue weighted by molar-refractivity contribution is -0.132. The van der Waals surface area contributed by atoms with Gasteiger partial charge in [-0.05, 0) is 25.2 Å². The van der Waals surface area contributed by atoms with Crippen molar-refractivity contribution in [1.82, 2.24) is 4.90 Å². The molecule has 1 unspecified atom stereocenters. The minimum atomic E-state index is -0.514. The van der Waals surface area contributed by atoms with E-state index in [0.717, 1.165) is 19.5 Å². The monoisotopic (exact) mass is 208 g/mol. The Morgan fingerprint density at radius 2 is 2.33 bits per heavy atom. The average Bonchev–Trinajstić information content (AvgIpc) is 3.00. The summed E-state index contributed by atoms with van der Waals surface area (Å²) in [5.74, 6) is 3.16. The van der Waals surface area contributed by atoms with Crippen LogP contribution in [0.3, 0.4) is 0 Å². The van der Waals surface area contributed by atoms with Crippen molar-refractivity contribution < 1.29 is 4.79 Å². The van der Waals surface area contributed by atoms with E-state index >= 15 is 0 Å². The molecule has 3 nitrogen and oxygen atoms in total. The number of terminal acetylenes is 1. The zero-order valence-electron chi connectivity index (χ0n) is 9.41. The molecule has 0 aliphatic heterocycles. The van der Waals surface area contributed by atoms with Gasteiger partial charge < -0.3 is 10.6 Å². The van der Waals surface area contributed by atoms with Crippen molar-refractivity contribution in [3.05, 3.63) is 0 Å². The summed E-state index contributed by atoms with van der Waals surface area (Å²) in [6.07, 6.45) is 8.96. The number of nitrogens with zero attached hydrogens (tertiary/aromatic N) is 1. The number of hydrogen-bond donors (Lipinski definition) is 1. The van der Waals surface area contributed by atoms with Crippen molar-refractivity contribution in [3.63, 3.8) is 0 Å². The molecule has 1 rings (SSSR count). The first kappa shape index (κ1) is 12.1. The Morgan fingerprint density at radius 3 is 2.80 bits per heavy atom. The van der Waals surface area contributed by atoms with Crippen molar-refractivity contribution in [1.29, 1.82) is 0 Å². The van der Waals surface area contributed by atoms with Crippen LogP contribution in [-0.2, 0) is 4.79 Å². The molecule has 0 bridgehead atoms. The number of carbonyl (C=O) groups is 1. The largest absolute Gasteiger partial charge is 0.341 e. The van der Waals surface area contributed by atoms with E-state index in [0.29, 0.717) is 12.3 Å². The third-order valence-corrected chi connectivity index (χ3v) is 2.64. The van der Waals surface area contributed by atoms with E-state index in [1.165, 1.54) is 12.8 Å². The number of amides is 1. The third kappa shape index (κ3) is 3.93. The summed E-state index contributed by atoms with van der Waals surface area (Å²) in [4.78, 5) is 13.8. The minimum absolute atomic E-state index is 0.0155. The highest BCUT2D eigenvalue weighted by molar-refractivity contribution is 5.82. The Hall–Kier alpha value is -1.01. The molecular weight excluding hydrogens is 188 g/mol. The lowest BCUT2D eigenvalue weighted by Crippen LogP contribution is -2.44. The van der Waals surface area contributed by atoms with Gasteiger partial charge in [0.25, 0.3) is 0 Å². The summed E-state index contributed by atoms with van der Waals surface area (Å²) in [5.41, 5.74) is 5.72. The van der Waals surface area contributed by atoms with Crippen LogP contribution in [0.15, 0.2) is 0 Å². The summed E-state index contributed by atoms with van der Waals surface area (Å²) >= 11 is 0. The van der Waals surface area contributed by atoms with Crippen LogP contribution < -0.4 is 5.73 Å². The molecule has 0 aromatic carbocycles. The molecule has 0 spiro atoms. The SMILES string of the molecule is C#CCC(N)C(=O)N(CCC)CC1CC1. The number of hydrogen-bond acceptors (Lipinski definition) is 2. The molecule has 15 heavy (non-hydrogen) atoms. The molecular formula is C12H20N2O. The maximum Gasteiger partial charge on any atom is 0.240 e. The Labute approximate surface area is 92.0 Å². The highest BCUT2D eigenvalue weighted by Gasteiger charge is 2.28. The van der Waals surface area contributed by atoms with E-state index < -0.39 is 6.04 Å². The molecule has 1 amide bonds. The molecule has 1 fully saturated rings. The van der Waals surface area contributed by atoms with Crippen molar-refractivity contribution in [2.45, 2.75) is 38.6 Å². The molecule has 3 heteroatoms. The van der Waals surface area contributed by atoms with Crippen molar-refractivity contribution >= 4 is 5.91 Å². The van der Waals surface area contributed by atoms with Gasteiger partial charge in [-0.25, -0.2) is 0 Å². The molecule has 0 radical (unpaired) electrons. The van der Waals surface area contributed by atoms with Crippen molar-refractivity contribution in [2.24, 2.45) is 11.7 Å². The van der Waals surface area contributed by atoms with Crippen molar-refractivity contribution in [3.8, 4) is 12.3 Å². The predicted octanol–water partition coefficient (Wildman–Crippen LogP) is 0.986. The van der Waals surface area contributed by atoms with Gasteiger partial charge in [0.15, 0.2) is 0 Å². The fourth-order valence-electron chi connectivity index (χ4n) is 1.62. The van der Waals surface area contributed by atoms with Crippen LogP contribution in [0.2, 0.25) is 0 Å². The van der Waals surface area contributed by atoms with Gasteiger partial charge >= 0.3 is 0 Å². The Bertz CT molecular complexity index is 253. The second-order valence-corrected chi connectivity index (χ2v) is 4.24. The van der Waals surface area contributed by atoms with E-state index in [1.54, 1.807) is 0 Å². The van der Waals surface area contributed by atoms with Crippen LogP contribution in [0.4, 0.5) is 0 Å². The maximum atomic E-state index is 11.9. The number of rotatable bonds is 6. The fourth-order valence-corrected chi connectivity index (χ4v) is 1.62. The lowest BCUT2D eigenvalue weighted by Gasteiger charge is -2.24. The molecule has 0 saturated heterocycles. The molecule has 2 N–H and O–H groups in total. The van der Waals surface area contributed by atoms with Crippen LogP contribution in [-0.4, -0.2) is 29.9 Å². The first-order chi connectivity index (χ1) is 7.19. The van der Waals surface area contributed by atoms with Gasteiger partial charge in [0.2, 0.25) is 5.91 Å². The molecule has 1 aliphatic rings. The van der Waals surface area contributed by atoms with Crippen LogP contribution in [0.5, 0.6) is 0 Å². The quantitative estimate of drug-likeness (QED) is 0.662. The number of nitrogens with two attached hydrogens (primary N) is 1. The summed E-state index contributed by atoms with van der Waals surface area (Å²) in [6, 6.07) is -0.514. The van der Waals surface area contributed by atoms with Gasteiger partial charge in [-0.15, -0.1) is 12.3 Å². The van der Waals surface area contributed by atoms with E-state index in [2.05, 4.69) is 12.8 Å². The van der Waals surface area contributed by atoms with Gasteiger partial charge in [0, 0.05) is 19.5 Å². The summed E-state index contributed by atoms with van der Waals surface area (Å²) in [5, 5.41) is 0. The summed E-state index contributed by atoms with van der Waals surface area (Å²) < 4.78 is 0. The number of carbonyl (C=O) groups excluding carboxylic acids is 1. The van der Waals surface area contributed by atoms with Gasteiger partial charge in [-0.3, -0.25) is 4.79 Å². The minimum Gasteiger partial charge on any atom is -0.341 e. The molecule has 1 aliphatic carbocycles. The van der Waals surface area contributed by atoms with Gasteiger partial charge in [-0.2, -0.15) is 0 Å². The summed E-state index contributed by atoms with van der Waals surface area (Å²) in [7, 11) is 0. The lowest BCUT2D eigenvalue weighted by atomic mass is 10.2. The van der Waals surface area contributed by atoms with E-state index in [-0.39, 0.29) is 5.91 Å². The van der Waals surface area contributed by atoms with Crippen LogP contribution >= 0.6 is 0 Å². The maximum absolute atomic E-state index is 11.9. The second-order valence-electron chi connectivity index (χ2n) is 4.24. The van der Waals surface area contributed by atoms with Crippen LogP contribution in [0.1, 0.15) is 32.6 Å². The molecule has 1 saturated carbocycles. The Balaban J connectivity index is 2.45. The Kier molecular flexibility index (Phi) is 4.64. The third-order valence-electron chi connectivity index (χ3n) is 2.64. The fraction of sp³-hybridized carbons (Fsp3) is 0.750. The molecule has 1 atom stereocenters. The van der Waals surface area contributed by atoms with Gasteiger partial charge in [0.05, 0.1) is 6.04 Å². The summed E-state index contributed by atoms with van der Waals surface area (Å²) in [6.45, 7) is 3.73. The zero-order chi connectivity index (χ0) is 11.3. The van der Waals surface area contributed by atoms with Crippen molar-refractivity contribution in [2.75, 3.05) is 13.1 Å². The topological polar surface area (TPSA) is 46.3 Å². The smallest absolute Gasteiger partial charge is 0.240 e. The highest BCUT2D eigenvalue weighted by Crippen LogP contribution is 2.29. The molecule has 0 aromatic heterocycles. The molecule has 0 aromatic rings. The van der Waals surface area contributed by atoms with E-state index in [1.807, 2.05) is 4.90 Å². The standard InChI is InChI=1S/C12H20N2O/c1-3-5-11(13)12(15)14(8-4-2)9-10-6-7-10/h1,10-11H,4-9,13H2,2H3. The molecule has 0 heterocycles. The highest BCUT2D eigenvalue weighted by atomic mass is 16.2. The molecule has 84 valence electrons. The van der Waals surface area contributed by atoms with Gasteiger partial charge in [0.1, 0.15) is 0 Å². The normalized spacial score (nSPS) is 16.9. The predicted molar refractivity (Wildman–Crippen MR) is 61.0 cm³/mol. The second kappa shape index (κ2) is 5.77. The van der Waals surface area contributed by atoms with Crippen LogP contribution in [0, 0.1) is 18.3 Å². The first-order valence-corrected chi connectivity index (χ1v) is 5.66. The zero-order valence-corrected chi connectivity index (χ0v) is 9.41. The Morgan fingerprint density at radius 1 is 1.67 bits per heavy atom. The average molecular weight is 208 g/mol.